The molecule has 0 saturated heterocycles. The van der Waals surface area contributed by atoms with Gasteiger partial charge in [0.25, 0.3) is 0 Å². The van der Waals surface area contributed by atoms with Crippen molar-refractivity contribution in [3.8, 4) is 0 Å². The van der Waals surface area contributed by atoms with Gasteiger partial charge in [0, 0.05) is 26.6 Å². The molecule has 0 spiro atoms. The van der Waals surface area contributed by atoms with Gasteiger partial charge in [-0.15, -0.1) is 0 Å². The summed E-state index contributed by atoms with van der Waals surface area (Å²) < 4.78 is 26.0. The van der Waals surface area contributed by atoms with Gasteiger partial charge in [-0.1, -0.05) is 43.2 Å². The third kappa shape index (κ3) is 7.04. The Morgan fingerprint density at radius 2 is 2.05 bits per heavy atom. The van der Waals surface area contributed by atoms with Gasteiger partial charge >= 0.3 is 0 Å². The molecule has 0 aliphatic carbocycles. The van der Waals surface area contributed by atoms with Crippen LogP contribution in [0, 0.1) is 6.92 Å². The molecule has 0 fully saturated rings. The average molecular weight is 326 g/mol. The van der Waals surface area contributed by atoms with Crippen LogP contribution in [0.2, 0.25) is 0 Å². The zero-order valence-electron chi connectivity index (χ0n) is 13.6. The number of sulfonamides is 1. The van der Waals surface area contributed by atoms with Crippen molar-refractivity contribution in [1.82, 2.24) is 9.62 Å². The summed E-state index contributed by atoms with van der Waals surface area (Å²) in [4.78, 5) is 13.4. The van der Waals surface area contributed by atoms with Crippen molar-refractivity contribution < 1.29 is 13.2 Å². The highest BCUT2D eigenvalue weighted by Gasteiger charge is 2.12. The lowest BCUT2D eigenvalue weighted by atomic mass is 10.1. The van der Waals surface area contributed by atoms with Crippen molar-refractivity contribution in [3.05, 3.63) is 35.4 Å². The van der Waals surface area contributed by atoms with E-state index in [-0.39, 0.29) is 18.2 Å². The number of rotatable bonds is 9. The van der Waals surface area contributed by atoms with E-state index >= 15 is 0 Å². The molecule has 0 saturated carbocycles. The summed E-state index contributed by atoms with van der Waals surface area (Å²) in [6.45, 7) is 6.57. The number of aryl methyl sites for hydroxylation is 1. The summed E-state index contributed by atoms with van der Waals surface area (Å²) >= 11 is 0. The van der Waals surface area contributed by atoms with Crippen LogP contribution in [-0.2, 0) is 21.4 Å². The monoisotopic (exact) mass is 326 g/mol. The summed E-state index contributed by atoms with van der Waals surface area (Å²) in [7, 11) is -3.23. The Balaban J connectivity index is 2.53. The maximum Gasteiger partial charge on any atom is 0.219 e. The van der Waals surface area contributed by atoms with Gasteiger partial charge in [0.2, 0.25) is 15.9 Å². The number of nitrogens with one attached hydrogen (secondary N) is 1. The smallest absolute Gasteiger partial charge is 0.219 e. The minimum Gasteiger partial charge on any atom is -0.337 e. The molecule has 1 aromatic rings. The molecule has 0 aliphatic rings. The predicted octanol–water partition coefficient (Wildman–Crippen LogP) is 2.06. The maximum atomic E-state index is 11.7. The van der Waals surface area contributed by atoms with Crippen LogP contribution in [0.3, 0.4) is 0 Å². The van der Waals surface area contributed by atoms with Gasteiger partial charge in [0.05, 0.1) is 5.75 Å². The highest BCUT2D eigenvalue weighted by molar-refractivity contribution is 7.89. The summed E-state index contributed by atoms with van der Waals surface area (Å²) in [5.41, 5.74) is 2.19. The highest BCUT2D eigenvalue weighted by atomic mass is 32.2. The Morgan fingerprint density at radius 3 is 2.64 bits per heavy atom. The van der Waals surface area contributed by atoms with Crippen molar-refractivity contribution in [2.45, 2.75) is 40.2 Å². The minimum atomic E-state index is -3.23. The maximum absolute atomic E-state index is 11.7. The van der Waals surface area contributed by atoms with Crippen molar-refractivity contribution in [2.75, 3.05) is 18.8 Å². The van der Waals surface area contributed by atoms with Crippen LogP contribution < -0.4 is 4.72 Å². The summed E-state index contributed by atoms with van der Waals surface area (Å²) in [5, 5.41) is 0. The number of carbonyl (C=O) groups is 1. The quantitative estimate of drug-likeness (QED) is 0.755. The zero-order valence-corrected chi connectivity index (χ0v) is 14.4. The summed E-state index contributed by atoms with van der Waals surface area (Å²) in [6, 6.07) is 7.95. The third-order valence-electron chi connectivity index (χ3n) is 3.37. The molecule has 6 heteroatoms. The second-order valence-corrected chi connectivity index (χ2v) is 7.42. The second-order valence-electron chi connectivity index (χ2n) is 5.50. The van der Waals surface area contributed by atoms with E-state index in [1.54, 1.807) is 4.90 Å². The van der Waals surface area contributed by atoms with Crippen LogP contribution >= 0.6 is 0 Å². The van der Waals surface area contributed by atoms with E-state index in [0.717, 1.165) is 17.5 Å². The molecular weight excluding hydrogens is 300 g/mol. The molecular formula is C16H26N2O3S. The molecule has 0 heterocycles. The lowest BCUT2D eigenvalue weighted by molar-refractivity contribution is -0.129. The molecule has 0 atom stereocenters. The van der Waals surface area contributed by atoms with Gasteiger partial charge in [-0.2, -0.15) is 0 Å². The fraction of sp³-hybridized carbons (Fsp3) is 0.562. The van der Waals surface area contributed by atoms with Gasteiger partial charge in [-0.25, -0.2) is 13.1 Å². The number of benzene rings is 1. The third-order valence-corrected chi connectivity index (χ3v) is 4.84. The lowest BCUT2D eigenvalue weighted by Gasteiger charge is -2.21. The molecule has 5 nitrogen and oxygen atoms in total. The minimum absolute atomic E-state index is 0.0609. The first kappa shape index (κ1) is 18.6. The van der Waals surface area contributed by atoms with Crippen molar-refractivity contribution in [2.24, 2.45) is 0 Å². The fourth-order valence-corrected chi connectivity index (χ4v) is 3.34. The molecule has 1 rings (SSSR count). The van der Waals surface area contributed by atoms with E-state index in [0.29, 0.717) is 19.5 Å². The number of nitrogens with zero attached hydrogens (tertiary/aromatic N) is 1. The number of unbranched alkanes of at least 4 members (excludes halogenated alkanes) is 1. The molecule has 0 aliphatic heterocycles. The lowest BCUT2D eigenvalue weighted by Crippen LogP contribution is -2.37. The Morgan fingerprint density at radius 1 is 1.32 bits per heavy atom. The molecule has 0 unspecified atom stereocenters. The molecule has 1 amide bonds. The SMILES string of the molecule is CCCCS(=O)(=O)NCCN(Cc1cccc(C)c1)C(C)=O. The van der Waals surface area contributed by atoms with Gasteiger partial charge in [-0.05, 0) is 18.9 Å². The van der Waals surface area contributed by atoms with E-state index < -0.39 is 10.0 Å². The van der Waals surface area contributed by atoms with E-state index in [1.165, 1.54) is 6.92 Å². The standard InChI is InChI=1S/C16H26N2O3S/c1-4-5-11-22(20,21)17-9-10-18(15(3)19)13-16-8-6-7-14(2)12-16/h6-8,12,17H,4-5,9-11,13H2,1-3H3. The van der Waals surface area contributed by atoms with Crippen LogP contribution in [-0.4, -0.2) is 38.1 Å². The molecule has 0 bridgehead atoms. The molecule has 0 radical (unpaired) electrons. The normalized spacial score (nSPS) is 11.4. The number of amides is 1. The first-order chi connectivity index (χ1) is 10.3. The first-order valence-electron chi connectivity index (χ1n) is 7.62. The molecule has 124 valence electrons. The Labute approximate surface area is 133 Å². The predicted molar refractivity (Wildman–Crippen MR) is 89.0 cm³/mol. The van der Waals surface area contributed by atoms with Gasteiger partial charge in [0.1, 0.15) is 0 Å². The van der Waals surface area contributed by atoms with E-state index in [2.05, 4.69) is 4.72 Å². The topological polar surface area (TPSA) is 66.5 Å². The first-order valence-corrected chi connectivity index (χ1v) is 9.27. The molecule has 22 heavy (non-hydrogen) atoms. The van der Waals surface area contributed by atoms with Crippen LogP contribution in [0.25, 0.3) is 0 Å². The van der Waals surface area contributed by atoms with Crippen molar-refractivity contribution in [1.29, 1.82) is 0 Å². The fourth-order valence-electron chi connectivity index (χ4n) is 2.12. The van der Waals surface area contributed by atoms with Gasteiger partial charge < -0.3 is 4.90 Å². The number of hydrogen-bond acceptors (Lipinski definition) is 3. The van der Waals surface area contributed by atoms with Crippen molar-refractivity contribution >= 4 is 15.9 Å². The zero-order chi connectivity index (χ0) is 16.6. The molecule has 1 N–H and O–H groups in total. The average Bonchev–Trinajstić information content (AvgIpc) is 2.44. The highest BCUT2D eigenvalue weighted by Crippen LogP contribution is 2.07. The number of carbonyl (C=O) groups excluding carboxylic acids is 1. The van der Waals surface area contributed by atoms with E-state index in [1.807, 2.05) is 38.1 Å². The van der Waals surface area contributed by atoms with Crippen LogP contribution in [0.4, 0.5) is 0 Å². The van der Waals surface area contributed by atoms with E-state index in [4.69, 9.17) is 0 Å². The summed E-state index contributed by atoms with van der Waals surface area (Å²) in [5.74, 6) is 0.0795. The summed E-state index contributed by atoms with van der Waals surface area (Å²) in [6.07, 6.45) is 1.49. The van der Waals surface area contributed by atoms with Gasteiger partial charge in [0.15, 0.2) is 0 Å². The Bertz CT molecular complexity index is 585. The molecule has 0 aromatic heterocycles. The second kappa shape index (κ2) is 8.90. The van der Waals surface area contributed by atoms with Crippen LogP contribution in [0.1, 0.15) is 37.8 Å². The Kier molecular flexibility index (Phi) is 7.55. The van der Waals surface area contributed by atoms with Gasteiger partial charge in [-0.3, -0.25) is 4.79 Å². The van der Waals surface area contributed by atoms with E-state index in [9.17, 15) is 13.2 Å². The van der Waals surface area contributed by atoms with Crippen LogP contribution in [0.5, 0.6) is 0 Å². The van der Waals surface area contributed by atoms with Crippen LogP contribution in [0.15, 0.2) is 24.3 Å². The largest absolute Gasteiger partial charge is 0.337 e. The Hall–Kier alpha value is -1.40. The number of hydrogen-bond donors (Lipinski definition) is 1. The van der Waals surface area contributed by atoms with Crippen molar-refractivity contribution in [3.63, 3.8) is 0 Å². The molecule has 1 aromatic carbocycles.